The number of nitrogens with zero attached hydrogens (tertiary/aromatic N) is 10. The van der Waals surface area contributed by atoms with Gasteiger partial charge in [-0.05, 0) is 243 Å². The first kappa shape index (κ1) is 108. The van der Waals surface area contributed by atoms with Crippen LogP contribution in [0.5, 0.6) is 23.0 Å². The van der Waals surface area contributed by atoms with Crippen LogP contribution in [0.25, 0.3) is 33.2 Å². The van der Waals surface area contributed by atoms with Gasteiger partial charge in [0.1, 0.15) is 34.3 Å². The van der Waals surface area contributed by atoms with Gasteiger partial charge < -0.3 is 39.0 Å². The zero-order valence-electron chi connectivity index (χ0n) is 82.1. The third-order valence-electron chi connectivity index (χ3n) is 28.1. The van der Waals surface area contributed by atoms with Crippen molar-refractivity contribution in [1.29, 1.82) is 0 Å². The minimum atomic E-state index is -6.07. The van der Waals surface area contributed by atoms with E-state index in [-0.39, 0.29) is 98.3 Å². The van der Waals surface area contributed by atoms with E-state index in [2.05, 4.69) is 105 Å². The van der Waals surface area contributed by atoms with Crippen molar-refractivity contribution < 1.29 is 92.3 Å². The number of rotatable bonds is 31. The molecule has 0 spiro atoms. The number of alkyl halides is 6. The zero-order valence-corrected chi connectivity index (χ0v) is 88.5. The number of fused-ring (bicyclic) bond motifs is 2. The molecule has 43 heteroatoms. The first-order valence-electron chi connectivity index (χ1n) is 48.7. The number of hydrogen-bond acceptors (Lipinski definition) is 24. The predicted molar refractivity (Wildman–Crippen MR) is 555 cm³/mol. The van der Waals surface area contributed by atoms with Crippen LogP contribution in [0.15, 0.2) is 210 Å². The minimum absolute atomic E-state index is 0.0111. The summed E-state index contributed by atoms with van der Waals surface area (Å²) < 4.78 is 244. The lowest BCUT2D eigenvalue weighted by Gasteiger charge is -2.39. The van der Waals surface area contributed by atoms with E-state index in [1.54, 1.807) is 74.8 Å². The molecule has 784 valence electrons. The lowest BCUT2D eigenvalue weighted by Crippen LogP contribution is -2.47. The number of sulfone groups is 2. The number of halogens is 8. The average Bonchev–Trinajstić information content (AvgIpc) is 0.841. The number of piperazine rings is 2. The molecular weight excluding hydrogens is 2050 g/mol. The second kappa shape index (κ2) is 44.1. The maximum Gasteiger partial charge on any atom is 0.501 e. The number of ether oxygens (including phenoxy) is 2. The number of amides is 3. The molecule has 146 heavy (non-hydrogen) atoms. The van der Waals surface area contributed by atoms with E-state index in [0.29, 0.717) is 145 Å². The number of pyridine rings is 2. The molecule has 4 aliphatic heterocycles. The number of hydrogen-bond donors (Lipinski definition) is 4. The molecule has 2 atom stereocenters. The Balaban J connectivity index is 0.000000209. The van der Waals surface area contributed by atoms with E-state index in [0.717, 1.165) is 115 Å². The summed E-state index contributed by atoms with van der Waals surface area (Å²) in [6, 6.07) is 37.6. The predicted octanol–water partition coefficient (Wildman–Crippen LogP) is 18.8. The minimum Gasteiger partial charge on any atom is -0.455 e. The zero-order chi connectivity index (χ0) is 104. The third kappa shape index (κ3) is 26.7. The van der Waals surface area contributed by atoms with E-state index in [1.165, 1.54) is 64.9 Å². The Morgan fingerprint density at radius 3 is 1.25 bits per heavy atom. The van der Waals surface area contributed by atoms with Crippen LogP contribution in [0.1, 0.15) is 156 Å². The van der Waals surface area contributed by atoms with E-state index in [4.69, 9.17) is 32.7 Å². The van der Waals surface area contributed by atoms with Gasteiger partial charge in [-0.3, -0.25) is 24.2 Å². The number of H-pyrrole nitrogens is 2. The highest BCUT2D eigenvalue weighted by molar-refractivity contribution is 7.94. The van der Waals surface area contributed by atoms with Crippen LogP contribution in [0.4, 0.5) is 37.7 Å². The smallest absolute Gasteiger partial charge is 0.455 e. The number of allylic oxidation sites excluding steroid dienone is 2. The summed E-state index contributed by atoms with van der Waals surface area (Å²) in [6.07, 6.45) is 15.0. The standard InChI is InChI=1S/C52H61ClF3N7O7S3.C51H59ClF3N7O8S3/c1-35(16-19-61-24-26-71(65,27-25-61)59-41-9-10-41)28-37-6-12-44(31-48(37)72(66,67)52(54,55)56)73(68,69)60-50(64)45-13-11-42(30-47(45)70-43-29-38-15-18-57-49(38)58-33-43)63-22-20-62(21-23-63)34-39-14-17-51(2,3)32-46(39)36-4-7-40(53)8-5-36;1-34(15-18-60-23-25-71(65,26-24-60)58-35(2)63)27-37-7-11-43(30-47(37)72(66,67)51(53,54)55)73(68,69)59-49(64)44-12-10-41(29-46(44)70-42-28-38-14-17-56-48(38)57-32-42)62-21-19-61(20-22-62)33-39-13-16-50(3,4)31-45(39)36-5-8-40(52)9-6-36/h4-8,11-13,15,18,29-31,33,35,41H,9-10,14,16-17,19-28,32,34H2,1-3H3,(H,57,58)(H,60,64);5-12,14,17,28-30,32,34H,13,15-16,18-27,31,33H2,1-4H3,(H,56,57)(H,59,64)/t35-;34-/m00/s1. The van der Waals surface area contributed by atoms with Gasteiger partial charge in [0.2, 0.25) is 0 Å². The van der Waals surface area contributed by atoms with Crippen molar-refractivity contribution in [3.05, 3.63) is 225 Å². The van der Waals surface area contributed by atoms with E-state index in [9.17, 15) is 82.8 Å². The summed E-state index contributed by atoms with van der Waals surface area (Å²) in [5, 5.41) is 2.80. The number of benzene rings is 6. The normalized spacial score (nSPS) is 18.9. The maximum absolute atomic E-state index is 14.2. The molecule has 7 aliphatic rings. The van der Waals surface area contributed by atoms with Crippen LogP contribution in [0.3, 0.4) is 0 Å². The van der Waals surface area contributed by atoms with Gasteiger partial charge in [-0.2, -0.15) is 30.7 Å². The second-order valence-corrected chi connectivity index (χ2v) is 53.8. The van der Waals surface area contributed by atoms with Gasteiger partial charge in [0.15, 0.2) is 0 Å². The average molecular weight is 2170 g/mol. The fraction of sp³-hybridized carbons (Fsp3) is 0.447. The first-order valence-corrected chi connectivity index (χ1v) is 59.1. The molecule has 0 radical (unpaired) electrons. The van der Waals surface area contributed by atoms with Crippen LogP contribution in [0.2, 0.25) is 10.0 Å². The SMILES string of the molecule is CC(=O)N=S1(=O)CCN(CC[C@H](C)Cc2ccc(S(=O)(=O)NC(=O)c3ccc(N4CCN(CC5=C(c6ccc(Cl)cc6)CC(C)(C)CC5)CC4)cc3Oc3cnc4[nH]ccc4c3)cc2S(=O)(=O)C(F)(F)F)CC1.C[C@@H](CCN1CCS(=O)(=NC2CC2)CC1)Cc1ccc(S(=O)(=O)NC(=O)c2ccc(N3CCN(CC4=C(c5ccc(Cl)cc5)CC(C)(C)CC4)CC3)cc2Oc2cnc3[nH]ccc3c2)cc1S(=O)(=O)C(F)(F)F. The molecule has 1 saturated carbocycles. The maximum atomic E-state index is 14.2. The van der Waals surface area contributed by atoms with Crippen LogP contribution < -0.4 is 28.7 Å². The van der Waals surface area contributed by atoms with Gasteiger partial charge in [-0.25, -0.2) is 65.9 Å². The van der Waals surface area contributed by atoms with E-state index in [1.807, 2.05) is 38.6 Å². The van der Waals surface area contributed by atoms with Gasteiger partial charge in [-0.15, -0.1) is 0 Å². The van der Waals surface area contributed by atoms with Crippen molar-refractivity contribution in [2.24, 2.45) is 31.4 Å². The molecule has 3 aliphatic carbocycles. The van der Waals surface area contributed by atoms with Crippen LogP contribution >= 0.6 is 23.2 Å². The highest BCUT2D eigenvalue weighted by Crippen LogP contribution is 2.48. The highest BCUT2D eigenvalue weighted by Gasteiger charge is 2.50. The largest absolute Gasteiger partial charge is 0.501 e. The number of sulfonamides is 2. The Hall–Kier alpha value is -10.3. The summed E-state index contributed by atoms with van der Waals surface area (Å²) in [5.74, 6) is -1.82. The molecule has 4 N–H and O–H groups in total. The lowest BCUT2D eigenvalue weighted by molar-refractivity contribution is -0.115. The van der Waals surface area contributed by atoms with Gasteiger partial charge in [0, 0.05) is 188 Å². The van der Waals surface area contributed by atoms with Gasteiger partial charge in [0.25, 0.3) is 57.4 Å². The van der Waals surface area contributed by atoms with Gasteiger partial charge >= 0.3 is 11.0 Å². The molecule has 29 nitrogen and oxygen atoms in total. The summed E-state index contributed by atoms with van der Waals surface area (Å²) >= 11 is 12.5. The summed E-state index contributed by atoms with van der Waals surface area (Å²) in [6.45, 7) is 24.0. The highest BCUT2D eigenvalue weighted by atomic mass is 35.5. The van der Waals surface area contributed by atoms with Gasteiger partial charge in [0.05, 0.1) is 58.9 Å². The number of anilines is 2. The molecule has 4 saturated heterocycles. The molecule has 10 aromatic rings. The van der Waals surface area contributed by atoms with Crippen molar-refractivity contribution in [2.75, 3.05) is 138 Å². The van der Waals surface area contributed by atoms with Gasteiger partial charge in [-0.1, -0.05) is 112 Å². The number of aromatic nitrogens is 4. The van der Waals surface area contributed by atoms with Crippen LogP contribution in [-0.2, 0) is 76.8 Å². The Bertz CT molecular complexity index is 7410. The van der Waals surface area contributed by atoms with E-state index >= 15 is 0 Å². The van der Waals surface area contributed by atoms with Crippen molar-refractivity contribution in [2.45, 2.75) is 162 Å². The van der Waals surface area contributed by atoms with Crippen molar-refractivity contribution in [3.63, 3.8) is 0 Å². The number of carbonyl (C=O) groups excluding carboxylic acids is 3. The lowest BCUT2D eigenvalue weighted by atomic mass is 9.72. The summed E-state index contributed by atoms with van der Waals surface area (Å²) in [4.78, 5) is 63.5. The topological polar surface area (TPSA) is 366 Å². The Morgan fingerprint density at radius 1 is 0.500 bits per heavy atom. The van der Waals surface area contributed by atoms with Crippen LogP contribution in [0, 0.1) is 22.7 Å². The Kier molecular flexibility index (Phi) is 32.7. The third-order valence-corrected chi connectivity index (χ3v) is 39.0. The monoisotopic (exact) mass is 2170 g/mol. The number of nitrogens with one attached hydrogen (secondary N) is 4. The van der Waals surface area contributed by atoms with Crippen LogP contribution in [-0.4, -0.2) is 244 Å². The van der Waals surface area contributed by atoms with E-state index < -0.39 is 107 Å². The molecule has 6 aromatic carbocycles. The summed E-state index contributed by atoms with van der Waals surface area (Å²) in [5.41, 5.74) is -1.55. The van der Waals surface area contributed by atoms with Crippen molar-refractivity contribution in [1.82, 2.24) is 49.0 Å². The quantitative estimate of drug-likeness (QED) is 0.0293. The Labute approximate surface area is 858 Å². The molecule has 17 rings (SSSR count). The molecular formula is C103H120Cl2F6N14O15S6. The molecule has 5 fully saturated rings. The molecule has 0 unspecified atom stereocenters. The number of carbonyl (C=O) groups is 3. The fourth-order valence-corrected chi connectivity index (χ4v) is 28.2. The molecule has 3 amide bonds. The molecule has 4 aromatic heterocycles. The Morgan fingerprint density at radius 2 is 0.884 bits per heavy atom. The first-order chi connectivity index (χ1) is 68.9. The summed E-state index contributed by atoms with van der Waals surface area (Å²) in [7, 11) is -27.0. The fourth-order valence-electron chi connectivity index (χ4n) is 19.5. The second-order valence-electron chi connectivity index (χ2n) is 40.6. The van der Waals surface area contributed by atoms with Crippen molar-refractivity contribution >= 4 is 145 Å². The molecule has 0 bridgehead atoms. The van der Waals surface area contributed by atoms with Crippen molar-refractivity contribution in [3.8, 4) is 23.0 Å². The molecule has 8 heterocycles. The number of aromatic amines is 2.